The highest BCUT2D eigenvalue weighted by atomic mass is 35.5. The minimum absolute atomic E-state index is 0.305. The van der Waals surface area contributed by atoms with Crippen LogP contribution in [0.2, 0.25) is 0 Å². The van der Waals surface area contributed by atoms with Gasteiger partial charge in [0.1, 0.15) is 0 Å². The number of halogens is 1. The van der Waals surface area contributed by atoms with Crippen LogP contribution in [0.5, 0.6) is 0 Å². The summed E-state index contributed by atoms with van der Waals surface area (Å²) in [7, 11) is 0. The second-order valence-corrected chi connectivity index (χ2v) is 6.28. The molecule has 1 heterocycles. The van der Waals surface area contributed by atoms with Gasteiger partial charge in [-0.1, -0.05) is 20.8 Å². The van der Waals surface area contributed by atoms with Crippen molar-refractivity contribution in [3.8, 4) is 0 Å². The quantitative estimate of drug-likeness (QED) is 0.725. The smallest absolute Gasteiger partial charge is 0.0238 e. The minimum atomic E-state index is 0.305. The van der Waals surface area contributed by atoms with Gasteiger partial charge >= 0.3 is 0 Å². The summed E-state index contributed by atoms with van der Waals surface area (Å²) in [5, 5.41) is 3.66. The zero-order chi connectivity index (χ0) is 12.0. The summed E-state index contributed by atoms with van der Waals surface area (Å²) < 4.78 is 0. The number of rotatable bonds is 6. The van der Waals surface area contributed by atoms with Crippen molar-refractivity contribution in [1.82, 2.24) is 10.2 Å². The van der Waals surface area contributed by atoms with Crippen molar-refractivity contribution in [2.75, 3.05) is 32.1 Å². The third-order valence-electron chi connectivity index (χ3n) is 3.46. The first-order chi connectivity index (χ1) is 7.54. The molecule has 0 aromatic heterocycles. The molecule has 1 N–H and O–H groups in total. The molecule has 0 spiro atoms. The number of likely N-dealkylation sites (tertiary alicyclic amines) is 1. The van der Waals surface area contributed by atoms with Gasteiger partial charge in [-0.25, -0.2) is 0 Å². The van der Waals surface area contributed by atoms with Crippen LogP contribution in [0, 0.1) is 5.41 Å². The van der Waals surface area contributed by atoms with E-state index in [1.807, 2.05) is 0 Å². The molecule has 3 heteroatoms. The SMILES string of the molecule is CC(C)(C)C(CCCl)NCCN1CCCC1. The van der Waals surface area contributed by atoms with Crippen molar-refractivity contribution in [1.29, 1.82) is 0 Å². The maximum Gasteiger partial charge on any atom is 0.0238 e. The van der Waals surface area contributed by atoms with Gasteiger partial charge in [-0.05, 0) is 37.8 Å². The Hall–Kier alpha value is 0.210. The average molecular weight is 247 g/mol. The lowest BCUT2D eigenvalue weighted by molar-refractivity contribution is 0.246. The summed E-state index contributed by atoms with van der Waals surface area (Å²) in [6.45, 7) is 11.7. The van der Waals surface area contributed by atoms with Crippen LogP contribution in [0.25, 0.3) is 0 Å². The Morgan fingerprint density at radius 3 is 2.38 bits per heavy atom. The maximum atomic E-state index is 5.86. The third-order valence-corrected chi connectivity index (χ3v) is 3.68. The van der Waals surface area contributed by atoms with Gasteiger partial charge < -0.3 is 10.2 Å². The third kappa shape index (κ3) is 5.03. The Kier molecular flexibility index (Phi) is 6.09. The van der Waals surface area contributed by atoms with Crippen LogP contribution < -0.4 is 5.32 Å². The lowest BCUT2D eigenvalue weighted by Crippen LogP contribution is -2.43. The highest BCUT2D eigenvalue weighted by Crippen LogP contribution is 2.22. The highest BCUT2D eigenvalue weighted by Gasteiger charge is 2.23. The molecule has 1 aliphatic rings. The van der Waals surface area contributed by atoms with Crippen molar-refractivity contribution in [3.63, 3.8) is 0 Å². The first-order valence-electron chi connectivity index (χ1n) is 6.56. The Labute approximate surface area is 106 Å². The molecule has 1 saturated heterocycles. The fourth-order valence-corrected chi connectivity index (χ4v) is 2.57. The van der Waals surface area contributed by atoms with E-state index in [2.05, 4.69) is 31.0 Å². The zero-order valence-electron chi connectivity index (χ0n) is 11.1. The van der Waals surface area contributed by atoms with Crippen molar-refractivity contribution in [2.45, 2.75) is 46.1 Å². The van der Waals surface area contributed by atoms with Gasteiger partial charge in [0.15, 0.2) is 0 Å². The Morgan fingerprint density at radius 2 is 1.88 bits per heavy atom. The van der Waals surface area contributed by atoms with Crippen LogP contribution in [0.15, 0.2) is 0 Å². The van der Waals surface area contributed by atoms with E-state index in [0.29, 0.717) is 11.5 Å². The monoisotopic (exact) mass is 246 g/mol. The molecule has 1 aliphatic heterocycles. The number of nitrogens with zero attached hydrogens (tertiary/aromatic N) is 1. The van der Waals surface area contributed by atoms with Crippen molar-refractivity contribution in [2.24, 2.45) is 5.41 Å². The standard InChI is InChI=1S/C13H27ClN2/c1-13(2,3)12(6-7-14)15-8-11-16-9-4-5-10-16/h12,15H,4-11H2,1-3H3. The van der Waals surface area contributed by atoms with Gasteiger partial charge in [-0.3, -0.25) is 0 Å². The molecule has 0 saturated carbocycles. The fourth-order valence-electron chi connectivity index (χ4n) is 2.35. The van der Waals surface area contributed by atoms with E-state index in [0.717, 1.165) is 18.8 Å². The van der Waals surface area contributed by atoms with Crippen LogP contribution in [0.4, 0.5) is 0 Å². The Bertz CT molecular complexity index is 183. The number of alkyl halides is 1. The van der Waals surface area contributed by atoms with Crippen LogP contribution in [0.1, 0.15) is 40.0 Å². The molecule has 16 heavy (non-hydrogen) atoms. The summed E-state index contributed by atoms with van der Waals surface area (Å²) in [6, 6.07) is 0.535. The molecule has 0 aromatic rings. The summed E-state index contributed by atoms with van der Waals surface area (Å²) in [5.74, 6) is 0.749. The topological polar surface area (TPSA) is 15.3 Å². The Morgan fingerprint density at radius 1 is 1.25 bits per heavy atom. The van der Waals surface area contributed by atoms with Crippen molar-refractivity contribution >= 4 is 11.6 Å². The summed E-state index contributed by atoms with van der Waals surface area (Å²) in [6.07, 6.45) is 3.82. The van der Waals surface area contributed by atoms with E-state index >= 15 is 0 Å². The largest absolute Gasteiger partial charge is 0.312 e. The molecule has 0 aliphatic carbocycles. The molecular weight excluding hydrogens is 220 g/mol. The highest BCUT2D eigenvalue weighted by molar-refractivity contribution is 6.17. The Balaban J connectivity index is 2.21. The fraction of sp³-hybridized carbons (Fsp3) is 1.00. The second kappa shape index (κ2) is 6.83. The first-order valence-corrected chi connectivity index (χ1v) is 7.09. The second-order valence-electron chi connectivity index (χ2n) is 5.90. The first kappa shape index (κ1) is 14.3. The van der Waals surface area contributed by atoms with E-state index in [9.17, 15) is 0 Å². The number of hydrogen-bond donors (Lipinski definition) is 1. The normalized spacial score (nSPS) is 20.2. The molecule has 2 nitrogen and oxygen atoms in total. The van der Waals surface area contributed by atoms with E-state index in [1.165, 1.54) is 32.5 Å². The van der Waals surface area contributed by atoms with Gasteiger partial charge in [0, 0.05) is 25.0 Å². The van der Waals surface area contributed by atoms with Crippen molar-refractivity contribution < 1.29 is 0 Å². The number of nitrogens with one attached hydrogen (secondary N) is 1. The molecule has 1 atom stereocenters. The summed E-state index contributed by atoms with van der Waals surface area (Å²) >= 11 is 5.86. The van der Waals surface area contributed by atoms with Crippen LogP contribution in [0.3, 0.4) is 0 Å². The molecule has 96 valence electrons. The molecule has 1 fully saturated rings. The minimum Gasteiger partial charge on any atom is -0.312 e. The van der Waals surface area contributed by atoms with Crippen LogP contribution in [-0.2, 0) is 0 Å². The molecule has 1 rings (SSSR count). The molecule has 0 aromatic carbocycles. The predicted octanol–water partition coefficient (Wildman–Crippen LogP) is 2.72. The van der Waals surface area contributed by atoms with Crippen LogP contribution >= 0.6 is 11.6 Å². The van der Waals surface area contributed by atoms with Gasteiger partial charge in [0.2, 0.25) is 0 Å². The molecule has 0 amide bonds. The number of hydrogen-bond acceptors (Lipinski definition) is 2. The van der Waals surface area contributed by atoms with Gasteiger partial charge in [0.25, 0.3) is 0 Å². The van der Waals surface area contributed by atoms with Gasteiger partial charge in [-0.2, -0.15) is 0 Å². The molecule has 0 bridgehead atoms. The summed E-state index contributed by atoms with van der Waals surface area (Å²) in [5.41, 5.74) is 0.305. The molecule has 1 unspecified atom stereocenters. The summed E-state index contributed by atoms with van der Waals surface area (Å²) in [4.78, 5) is 2.55. The van der Waals surface area contributed by atoms with E-state index in [1.54, 1.807) is 0 Å². The maximum absolute atomic E-state index is 5.86. The van der Waals surface area contributed by atoms with E-state index in [-0.39, 0.29) is 0 Å². The van der Waals surface area contributed by atoms with Gasteiger partial charge in [-0.15, -0.1) is 11.6 Å². The van der Waals surface area contributed by atoms with Crippen molar-refractivity contribution in [3.05, 3.63) is 0 Å². The van der Waals surface area contributed by atoms with E-state index < -0.39 is 0 Å². The lowest BCUT2D eigenvalue weighted by atomic mass is 9.85. The molecular formula is C13H27ClN2. The average Bonchev–Trinajstić information content (AvgIpc) is 2.67. The van der Waals surface area contributed by atoms with Gasteiger partial charge in [0.05, 0.1) is 0 Å². The lowest BCUT2D eigenvalue weighted by Gasteiger charge is -2.32. The predicted molar refractivity (Wildman–Crippen MR) is 72.3 cm³/mol. The van der Waals surface area contributed by atoms with Crippen LogP contribution in [-0.4, -0.2) is 43.0 Å². The van der Waals surface area contributed by atoms with E-state index in [4.69, 9.17) is 11.6 Å². The zero-order valence-corrected chi connectivity index (χ0v) is 11.8. The molecule has 0 radical (unpaired) electrons.